The molecule has 0 saturated heterocycles. The van der Waals surface area contributed by atoms with Crippen molar-refractivity contribution in [3.8, 4) is 0 Å². The average molecular weight is 490 g/mol. The van der Waals surface area contributed by atoms with Crippen LogP contribution < -0.4 is 0 Å². The molecule has 0 aromatic heterocycles. The van der Waals surface area contributed by atoms with Gasteiger partial charge in [0, 0.05) is 21.7 Å². The molecular formula is C13H14Br4. The van der Waals surface area contributed by atoms with Gasteiger partial charge in [-0.25, -0.2) is 0 Å². The first-order valence-electron chi connectivity index (χ1n) is 6.63. The van der Waals surface area contributed by atoms with Gasteiger partial charge in [0.15, 0.2) is 0 Å². The number of hydrogen-bond donors (Lipinski definition) is 0. The Morgan fingerprint density at radius 1 is 0.588 bits per heavy atom. The monoisotopic (exact) mass is 486 g/mol. The first kappa shape index (κ1) is 11.6. The fraction of sp³-hybridized carbons (Fsp3) is 1.00. The lowest BCUT2D eigenvalue weighted by Gasteiger charge is -2.29. The summed E-state index contributed by atoms with van der Waals surface area (Å²) in [5.74, 6) is 0. The van der Waals surface area contributed by atoms with Crippen LogP contribution in [0, 0.1) is 21.7 Å². The van der Waals surface area contributed by atoms with Gasteiger partial charge in [-0.3, -0.25) is 0 Å². The number of rotatable bonds is 0. The maximum atomic E-state index is 4.08. The van der Waals surface area contributed by atoms with Gasteiger partial charge < -0.3 is 0 Å². The molecule has 0 aromatic carbocycles. The summed E-state index contributed by atoms with van der Waals surface area (Å²) < 4.78 is 0.491. The summed E-state index contributed by atoms with van der Waals surface area (Å²) in [6.45, 7) is 0. The maximum Gasteiger partial charge on any atom is 0.0936 e. The van der Waals surface area contributed by atoms with Crippen molar-refractivity contribution in [3.63, 3.8) is 0 Å². The Morgan fingerprint density at radius 2 is 1.00 bits per heavy atom. The third-order valence-corrected chi connectivity index (χ3v) is 13.2. The summed E-state index contributed by atoms with van der Waals surface area (Å²) in [4.78, 5) is 0. The van der Waals surface area contributed by atoms with E-state index in [4.69, 9.17) is 0 Å². The smallest absolute Gasteiger partial charge is 0.0714 e. The molecule has 0 spiro atoms. The molecule has 0 radical (unpaired) electrons. The number of hydrogen-bond acceptors (Lipinski definition) is 0. The average Bonchev–Trinajstić information content (AvgIpc) is 2.73. The van der Waals surface area contributed by atoms with Gasteiger partial charge in [-0.2, -0.15) is 0 Å². The molecule has 4 atom stereocenters. The van der Waals surface area contributed by atoms with Crippen molar-refractivity contribution in [1.29, 1.82) is 0 Å². The Balaban J connectivity index is 1.80. The summed E-state index contributed by atoms with van der Waals surface area (Å²) in [6, 6.07) is 0. The fourth-order valence-electron chi connectivity index (χ4n) is 7.18. The largest absolute Gasteiger partial charge is 0.0936 e. The van der Waals surface area contributed by atoms with Gasteiger partial charge in [0.1, 0.15) is 0 Å². The standard InChI is InChI=1S/C13H14Br4/c14-12(15)8-3-1-5-10(8,12)11-6-2-4-9(11,7-8)13(11,16)17/h1-7H2/t8-,9+,10-,11-/m0/s1. The van der Waals surface area contributed by atoms with Crippen LogP contribution in [0.25, 0.3) is 0 Å². The molecule has 0 heterocycles. The normalized spacial score (nSPS) is 67.1. The molecule has 5 saturated carbocycles. The zero-order chi connectivity index (χ0) is 11.9. The van der Waals surface area contributed by atoms with Crippen LogP contribution in [0.4, 0.5) is 0 Å². The highest BCUT2D eigenvalue weighted by molar-refractivity contribution is 9.26. The molecule has 94 valence electrons. The SMILES string of the molecule is BrC1(Br)[C@@]23CCC[C@]12[C@]12CCC[C@@]1(C3)C2(Br)Br. The van der Waals surface area contributed by atoms with Crippen LogP contribution in [-0.2, 0) is 0 Å². The van der Waals surface area contributed by atoms with Crippen LogP contribution >= 0.6 is 63.7 Å². The van der Waals surface area contributed by atoms with E-state index < -0.39 is 0 Å². The molecule has 0 amide bonds. The Bertz CT molecular complexity index is 430. The maximum absolute atomic E-state index is 4.08. The molecule has 0 bridgehead atoms. The van der Waals surface area contributed by atoms with E-state index in [-0.39, 0.29) is 6.47 Å². The number of alkyl halides is 4. The second-order valence-electron chi connectivity index (χ2n) is 7.01. The Kier molecular flexibility index (Phi) is 1.73. The topological polar surface area (TPSA) is 0 Å². The predicted molar refractivity (Wildman–Crippen MR) is 83.2 cm³/mol. The van der Waals surface area contributed by atoms with Gasteiger partial charge in [-0.05, 0) is 32.1 Å². The molecule has 17 heavy (non-hydrogen) atoms. The van der Waals surface area contributed by atoms with E-state index >= 15 is 0 Å². The quantitative estimate of drug-likeness (QED) is 0.383. The van der Waals surface area contributed by atoms with E-state index in [2.05, 4.69) is 63.7 Å². The van der Waals surface area contributed by atoms with Gasteiger partial charge in [0.05, 0.1) is 6.47 Å². The lowest BCUT2D eigenvalue weighted by atomic mass is 9.81. The summed E-state index contributed by atoms with van der Waals surface area (Å²) >= 11 is 16.3. The van der Waals surface area contributed by atoms with Crippen molar-refractivity contribution >= 4 is 63.7 Å². The first-order chi connectivity index (χ1) is 7.87. The van der Waals surface area contributed by atoms with Crippen LogP contribution in [-0.4, -0.2) is 6.47 Å². The molecule has 5 aliphatic carbocycles. The van der Waals surface area contributed by atoms with Crippen LogP contribution in [0.15, 0.2) is 0 Å². The van der Waals surface area contributed by atoms with Crippen LogP contribution in [0.3, 0.4) is 0 Å². The van der Waals surface area contributed by atoms with E-state index in [1.165, 1.54) is 44.9 Å². The van der Waals surface area contributed by atoms with Gasteiger partial charge in [-0.1, -0.05) is 76.6 Å². The molecule has 0 N–H and O–H groups in total. The molecule has 0 unspecified atom stereocenters. The van der Waals surface area contributed by atoms with Crippen LogP contribution in [0.5, 0.6) is 0 Å². The Hall–Kier alpha value is 1.92. The van der Waals surface area contributed by atoms with Crippen LogP contribution in [0.1, 0.15) is 44.9 Å². The zero-order valence-corrected chi connectivity index (χ0v) is 15.8. The lowest BCUT2D eigenvalue weighted by Crippen LogP contribution is -2.26. The summed E-state index contributed by atoms with van der Waals surface area (Å²) in [7, 11) is 0. The van der Waals surface area contributed by atoms with Crippen molar-refractivity contribution in [2.45, 2.75) is 51.4 Å². The van der Waals surface area contributed by atoms with E-state index in [9.17, 15) is 0 Å². The van der Waals surface area contributed by atoms with Crippen molar-refractivity contribution < 1.29 is 0 Å². The minimum absolute atomic E-state index is 0.245. The minimum Gasteiger partial charge on any atom is -0.0714 e. The lowest BCUT2D eigenvalue weighted by molar-refractivity contribution is 0.253. The van der Waals surface area contributed by atoms with E-state index in [0.29, 0.717) is 21.7 Å². The van der Waals surface area contributed by atoms with E-state index in [1.54, 1.807) is 0 Å². The zero-order valence-electron chi connectivity index (χ0n) is 9.46. The second-order valence-corrected chi connectivity index (χ2v) is 13.9. The summed E-state index contributed by atoms with van der Waals surface area (Å²) in [6.07, 6.45) is 10.0. The van der Waals surface area contributed by atoms with Crippen molar-refractivity contribution in [2.75, 3.05) is 0 Å². The molecular weight excluding hydrogens is 476 g/mol. The van der Waals surface area contributed by atoms with Gasteiger partial charge in [-0.15, -0.1) is 0 Å². The first-order valence-corrected chi connectivity index (χ1v) is 9.80. The van der Waals surface area contributed by atoms with Gasteiger partial charge in [0.25, 0.3) is 0 Å². The minimum atomic E-state index is 0.245. The van der Waals surface area contributed by atoms with Gasteiger partial charge >= 0.3 is 0 Å². The molecule has 0 aromatic rings. The third kappa shape index (κ3) is 0.661. The molecule has 5 rings (SSSR count). The summed E-state index contributed by atoms with van der Waals surface area (Å²) in [5, 5.41) is 0. The molecule has 4 heteroatoms. The fourth-order valence-corrected chi connectivity index (χ4v) is 13.2. The van der Waals surface area contributed by atoms with Crippen molar-refractivity contribution in [2.24, 2.45) is 21.7 Å². The molecule has 0 nitrogen and oxygen atoms in total. The molecule has 5 fully saturated rings. The highest BCUT2D eigenvalue weighted by atomic mass is 79.9. The number of halogens is 4. The molecule has 5 aliphatic rings. The highest BCUT2D eigenvalue weighted by Crippen LogP contribution is 3.12. The van der Waals surface area contributed by atoms with Gasteiger partial charge in [0.2, 0.25) is 0 Å². The van der Waals surface area contributed by atoms with Crippen molar-refractivity contribution in [3.05, 3.63) is 0 Å². The van der Waals surface area contributed by atoms with Crippen molar-refractivity contribution in [1.82, 2.24) is 0 Å². The predicted octanol–water partition coefficient (Wildman–Crippen LogP) is 5.70. The van der Waals surface area contributed by atoms with E-state index in [0.717, 1.165) is 0 Å². The third-order valence-electron chi connectivity index (χ3n) is 7.43. The second kappa shape index (κ2) is 2.54. The summed E-state index contributed by atoms with van der Waals surface area (Å²) in [5.41, 5.74) is 2.20. The highest BCUT2D eigenvalue weighted by Gasteiger charge is 3.10. The van der Waals surface area contributed by atoms with Crippen LogP contribution in [0.2, 0.25) is 0 Å². The molecule has 0 aliphatic heterocycles. The Morgan fingerprint density at radius 3 is 1.41 bits per heavy atom. The van der Waals surface area contributed by atoms with E-state index in [1.807, 2.05) is 0 Å². The Labute approximate surface area is 136 Å².